The molecule has 1 heterocycles. The number of nitrogens with one attached hydrogen (secondary N) is 1. The third kappa shape index (κ3) is 4.38. The molecule has 0 saturated carbocycles. The summed E-state index contributed by atoms with van der Waals surface area (Å²) in [7, 11) is 1.58. The average Bonchev–Trinajstić information content (AvgIpc) is 2.61. The molecular weight excluding hydrogens is 316 g/mol. The SMILES string of the molecule is C=C(C)C(C)(C)C(=O)NCc1cccnc1Oc1ccccc1OC. The van der Waals surface area contributed by atoms with Gasteiger partial charge in [0.2, 0.25) is 11.8 Å². The maximum absolute atomic E-state index is 12.4. The van der Waals surface area contributed by atoms with Crippen molar-refractivity contribution in [1.82, 2.24) is 10.3 Å². The molecule has 2 rings (SSSR count). The first-order chi connectivity index (χ1) is 11.9. The number of nitrogens with zero attached hydrogens (tertiary/aromatic N) is 1. The summed E-state index contributed by atoms with van der Waals surface area (Å²) in [6, 6.07) is 11.0. The highest BCUT2D eigenvalue weighted by atomic mass is 16.5. The number of para-hydroxylation sites is 2. The van der Waals surface area contributed by atoms with Crippen LogP contribution in [0.5, 0.6) is 17.4 Å². The Morgan fingerprint density at radius 2 is 1.88 bits per heavy atom. The lowest BCUT2D eigenvalue weighted by molar-refractivity contribution is -0.127. The van der Waals surface area contributed by atoms with Gasteiger partial charge in [0.15, 0.2) is 11.5 Å². The molecule has 0 atom stereocenters. The van der Waals surface area contributed by atoms with Gasteiger partial charge >= 0.3 is 0 Å². The monoisotopic (exact) mass is 340 g/mol. The molecule has 132 valence electrons. The molecule has 0 aliphatic carbocycles. The Balaban J connectivity index is 2.16. The molecule has 0 unspecified atom stereocenters. The van der Waals surface area contributed by atoms with E-state index in [1.165, 1.54) is 0 Å². The van der Waals surface area contributed by atoms with Crippen LogP contribution >= 0.6 is 0 Å². The quantitative estimate of drug-likeness (QED) is 0.771. The van der Waals surface area contributed by atoms with Crippen molar-refractivity contribution in [2.45, 2.75) is 27.3 Å². The molecule has 0 aliphatic rings. The van der Waals surface area contributed by atoms with Crippen molar-refractivity contribution in [2.24, 2.45) is 5.41 Å². The van der Waals surface area contributed by atoms with Crippen molar-refractivity contribution in [1.29, 1.82) is 0 Å². The Bertz CT molecular complexity index is 769. The van der Waals surface area contributed by atoms with Gasteiger partial charge in [-0.1, -0.05) is 30.4 Å². The first kappa shape index (κ1) is 18.5. The highest BCUT2D eigenvalue weighted by Crippen LogP contribution is 2.31. The molecule has 0 fully saturated rings. The molecule has 2 aromatic rings. The first-order valence-corrected chi connectivity index (χ1v) is 8.05. The topological polar surface area (TPSA) is 60.5 Å². The van der Waals surface area contributed by atoms with Crippen LogP contribution in [0.2, 0.25) is 0 Å². The second kappa shape index (κ2) is 7.83. The highest BCUT2D eigenvalue weighted by molar-refractivity contribution is 5.84. The molecule has 0 spiro atoms. The molecular formula is C20H24N2O3. The standard InChI is InChI=1S/C20H24N2O3/c1-14(2)20(3,4)19(23)22-13-15-9-8-12-21-18(15)25-17-11-7-6-10-16(17)24-5/h6-12H,1,13H2,2-5H3,(H,22,23). The van der Waals surface area contributed by atoms with Gasteiger partial charge in [0.25, 0.3) is 0 Å². The molecule has 5 nitrogen and oxygen atoms in total. The normalized spacial score (nSPS) is 10.9. The van der Waals surface area contributed by atoms with Crippen LogP contribution in [0.25, 0.3) is 0 Å². The summed E-state index contributed by atoms with van der Waals surface area (Å²) in [6.07, 6.45) is 1.65. The molecule has 1 aromatic heterocycles. The zero-order chi connectivity index (χ0) is 18.4. The van der Waals surface area contributed by atoms with Gasteiger partial charge in [0.05, 0.1) is 12.5 Å². The van der Waals surface area contributed by atoms with Gasteiger partial charge in [-0.05, 0) is 39.0 Å². The van der Waals surface area contributed by atoms with E-state index in [1.807, 2.05) is 45.0 Å². The molecule has 1 amide bonds. The smallest absolute Gasteiger partial charge is 0.229 e. The summed E-state index contributed by atoms with van der Waals surface area (Å²) in [4.78, 5) is 16.7. The van der Waals surface area contributed by atoms with E-state index in [0.717, 1.165) is 11.1 Å². The Morgan fingerprint density at radius 3 is 2.52 bits per heavy atom. The lowest BCUT2D eigenvalue weighted by atomic mass is 9.85. The average molecular weight is 340 g/mol. The number of carbonyl (C=O) groups is 1. The van der Waals surface area contributed by atoms with E-state index in [9.17, 15) is 4.79 Å². The highest BCUT2D eigenvalue weighted by Gasteiger charge is 2.28. The number of hydrogen-bond acceptors (Lipinski definition) is 4. The minimum Gasteiger partial charge on any atom is -0.493 e. The summed E-state index contributed by atoms with van der Waals surface area (Å²) in [5.74, 6) is 1.53. The van der Waals surface area contributed by atoms with Crippen molar-refractivity contribution in [3.63, 3.8) is 0 Å². The maximum Gasteiger partial charge on any atom is 0.229 e. The van der Waals surface area contributed by atoms with Gasteiger partial charge in [-0.25, -0.2) is 4.98 Å². The first-order valence-electron chi connectivity index (χ1n) is 8.05. The van der Waals surface area contributed by atoms with Gasteiger partial charge in [0.1, 0.15) is 0 Å². The fourth-order valence-corrected chi connectivity index (χ4v) is 2.05. The second-order valence-corrected chi connectivity index (χ2v) is 6.31. The molecule has 0 bridgehead atoms. The number of methoxy groups -OCH3 is 1. The van der Waals surface area contributed by atoms with E-state index in [1.54, 1.807) is 25.4 Å². The van der Waals surface area contributed by atoms with Crippen LogP contribution in [0.1, 0.15) is 26.3 Å². The van der Waals surface area contributed by atoms with Crippen LogP contribution in [0.3, 0.4) is 0 Å². The predicted molar refractivity (Wildman–Crippen MR) is 97.7 cm³/mol. The molecule has 0 aliphatic heterocycles. The fourth-order valence-electron chi connectivity index (χ4n) is 2.05. The van der Waals surface area contributed by atoms with Gasteiger partial charge in [-0.3, -0.25) is 4.79 Å². The van der Waals surface area contributed by atoms with Crippen molar-refractivity contribution in [2.75, 3.05) is 7.11 Å². The fraction of sp³-hybridized carbons (Fsp3) is 0.300. The predicted octanol–water partition coefficient (Wildman–Crippen LogP) is 4.10. The van der Waals surface area contributed by atoms with Crippen molar-refractivity contribution < 1.29 is 14.3 Å². The second-order valence-electron chi connectivity index (χ2n) is 6.31. The van der Waals surface area contributed by atoms with Crippen molar-refractivity contribution in [3.05, 3.63) is 60.3 Å². The molecule has 25 heavy (non-hydrogen) atoms. The summed E-state index contributed by atoms with van der Waals surface area (Å²) >= 11 is 0. The van der Waals surface area contributed by atoms with Crippen molar-refractivity contribution >= 4 is 5.91 Å². The van der Waals surface area contributed by atoms with Gasteiger partial charge in [0, 0.05) is 18.3 Å². The van der Waals surface area contributed by atoms with Crippen LogP contribution in [0.4, 0.5) is 0 Å². The van der Waals surface area contributed by atoms with E-state index in [0.29, 0.717) is 23.9 Å². The van der Waals surface area contributed by atoms with Crippen LogP contribution in [0.15, 0.2) is 54.7 Å². The largest absolute Gasteiger partial charge is 0.493 e. The van der Waals surface area contributed by atoms with Gasteiger partial charge in [-0.15, -0.1) is 0 Å². The molecule has 1 N–H and O–H groups in total. The van der Waals surface area contributed by atoms with E-state index in [-0.39, 0.29) is 5.91 Å². The number of carbonyl (C=O) groups excluding carboxylic acids is 1. The Kier molecular flexibility index (Phi) is 5.80. The van der Waals surface area contributed by atoms with E-state index in [2.05, 4.69) is 16.9 Å². The summed E-state index contributed by atoms with van der Waals surface area (Å²) in [5.41, 5.74) is 0.951. The Hall–Kier alpha value is -2.82. The molecule has 5 heteroatoms. The molecule has 0 saturated heterocycles. The lowest BCUT2D eigenvalue weighted by Gasteiger charge is -2.24. The number of hydrogen-bond donors (Lipinski definition) is 1. The third-order valence-corrected chi connectivity index (χ3v) is 4.20. The number of amides is 1. The van der Waals surface area contributed by atoms with Crippen LogP contribution in [-0.2, 0) is 11.3 Å². The number of benzene rings is 1. The number of aromatic nitrogens is 1. The van der Waals surface area contributed by atoms with Gasteiger partial charge < -0.3 is 14.8 Å². The number of rotatable bonds is 7. The zero-order valence-corrected chi connectivity index (χ0v) is 15.1. The summed E-state index contributed by atoms with van der Waals surface area (Å²) in [5, 5.41) is 2.92. The van der Waals surface area contributed by atoms with E-state index < -0.39 is 5.41 Å². The lowest BCUT2D eigenvalue weighted by Crippen LogP contribution is -2.37. The van der Waals surface area contributed by atoms with Gasteiger partial charge in [-0.2, -0.15) is 0 Å². The Labute approximate surface area is 148 Å². The maximum atomic E-state index is 12.4. The molecule has 1 aromatic carbocycles. The third-order valence-electron chi connectivity index (χ3n) is 4.20. The van der Waals surface area contributed by atoms with Crippen molar-refractivity contribution in [3.8, 4) is 17.4 Å². The van der Waals surface area contributed by atoms with E-state index >= 15 is 0 Å². The van der Waals surface area contributed by atoms with Crippen LogP contribution in [-0.4, -0.2) is 18.0 Å². The van der Waals surface area contributed by atoms with Crippen LogP contribution < -0.4 is 14.8 Å². The number of pyridine rings is 1. The summed E-state index contributed by atoms with van der Waals surface area (Å²) < 4.78 is 11.2. The number of ether oxygens (including phenoxy) is 2. The molecule has 0 radical (unpaired) electrons. The zero-order valence-electron chi connectivity index (χ0n) is 15.1. The Morgan fingerprint density at radius 1 is 1.20 bits per heavy atom. The minimum atomic E-state index is -0.633. The summed E-state index contributed by atoms with van der Waals surface area (Å²) in [6.45, 7) is 9.74. The van der Waals surface area contributed by atoms with Crippen LogP contribution in [0, 0.1) is 5.41 Å². The minimum absolute atomic E-state index is 0.0907. The van der Waals surface area contributed by atoms with E-state index in [4.69, 9.17) is 9.47 Å².